The molecule has 2 N–H and O–H groups in total. The van der Waals surface area contributed by atoms with Crippen LogP contribution in [-0.2, 0) is 15.6 Å². The molecule has 0 aromatic carbocycles. The largest absolute Gasteiger partial charge is 0.480 e. The molecule has 0 radical (unpaired) electrons. The zero-order valence-corrected chi connectivity index (χ0v) is 6.19. The van der Waals surface area contributed by atoms with Crippen LogP contribution in [0.3, 0.4) is 0 Å². The van der Waals surface area contributed by atoms with Gasteiger partial charge in [0, 0.05) is 29.6 Å². The summed E-state index contributed by atoms with van der Waals surface area (Å²) in [6, 6.07) is 0. The van der Waals surface area contributed by atoms with E-state index in [1.165, 1.54) is 0 Å². The Kier molecular flexibility index (Phi) is 2.39. The van der Waals surface area contributed by atoms with E-state index in [4.69, 9.17) is 5.11 Å². The lowest BCUT2D eigenvalue weighted by Crippen LogP contribution is -2.44. The molecule has 10 heavy (non-hydrogen) atoms. The van der Waals surface area contributed by atoms with Crippen molar-refractivity contribution in [1.82, 2.24) is 5.32 Å². The van der Waals surface area contributed by atoms with Crippen LogP contribution in [-0.4, -0.2) is 39.4 Å². The van der Waals surface area contributed by atoms with E-state index < -0.39 is 22.0 Å². The molecule has 4 nitrogen and oxygen atoms in total. The van der Waals surface area contributed by atoms with Crippen molar-refractivity contribution in [2.45, 2.75) is 5.25 Å². The minimum atomic E-state index is -1.17. The van der Waals surface area contributed by atoms with Gasteiger partial charge >= 0.3 is 5.97 Å². The number of hydrogen-bond donors (Lipinski definition) is 2. The van der Waals surface area contributed by atoms with Crippen LogP contribution in [0.4, 0.5) is 0 Å². The molecule has 1 aliphatic rings. The molecule has 0 saturated carbocycles. The van der Waals surface area contributed by atoms with Gasteiger partial charge < -0.3 is 10.4 Å². The van der Waals surface area contributed by atoms with Gasteiger partial charge in [0.25, 0.3) is 0 Å². The first-order chi connectivity index (χ1) is 4.72. The van der Waals surface area contributed by atoms with Crippen molar-refractivity contribution in [2.75, 3.05) is 18.8 Å². The highest BCUT2D eigenvalue weighted by atomic mass is 32.2. The van der Waals surface area contributed by atoms with Gasteiger partial charge in [-0.2, -0.15) is 0 Å². The number of hydrogen-bond acceptors (Lipinski definition) is 3. The van der Waals surface area contributed by atoms with E-state index in [1.54, 1.807) is 0 Å². The molecule has 1 aliphatic heterocycles. The molecule has 0 aromatic heterocycles. The van der Waals surface area contributed by atoms with Gasteiger partial charge in [-0.1, -0.05) is 0 Å². The Hall–Kier alpha value is -0.420. The van der Waals surface area contributed by atoms with Gasteiger partial charge in [0.05, 0.1) is 0 Å². The molecule has 1 heterocycles. The first kappa shape index (κ1) is 7.68. The van der Waals surface area contributed by atoms with Crippen LogP contribution in [0, 0.1) is 0 Å². The summed E-state index contributed by atoms with van der Waals surface area (Å²) in [5.41, 5.74) is 0. The molecule has 0 bridgehead atoms. The topological polar surface area (TPSA) is 66.4 Å². The van der Waals surface area contributed by atoms with Gasteiger partial charge in [-0.25, -0.2) is 0 Å². The highest BCUT2D eigenvalue weighted by molar-refractivity contribution is 7.86. The number of carbonyl (C=O) groups is 1. The molecule has 58 valence electrons. The first-order valence-corrected chi connectivity index (χ1v) is 4.40. The fourth-order valence-corrected chi connectivity index (χ4v) is 2.00. The lowest BCUT2D eigenvalue weighted by molar-refractivity contribution is -0.136. The third-order valence-corrected chi connectivity index (χ3v) is 3.01. The summed E-state index contributed by atoms with van der Waals surface area (Å²) in [6.45, 7) is 0.998. The maximum Gasteiger partial charge on any atom is 0.320 e. The second-order valence-corrected chi connectivity index (χ2v) is 3.85. The Balaban J connectivity index is 2.56. The van der Waals surface area contributed by atoms with Crippen LogP contribution in [0.5, 0.6) is 0 Å². The van der Waals surface area contributed by atoms with Crippen molar-refractivity contribution in [3.05, 3.63) is 0 Å². The molecular weight excluding hydrogens is 154 g/mol. The average molecular weight is 163 g/mol. The molecule has 1 saturated heterocycles. The number of rotatable bonds is 1. The van der Waals surface area contributed by atoms with Gasteiger partial charge in [0.15, 0.2) is 0 Å². The van der Waals surface area contributed by atoms with Gasteiger partial charge in [0.2, 0.25) is 0 Å². The van der Waals surface area contributed by atoms with E-state index in [-0.39, 0.29) is 0 Å². The number of carboxylic acids is 1. The molecular formula is C5H9NO3S. The third kappa shape index (κ3) is 1.54. The summed E-state index contributed by atoms with van der Waals surface area (Å²) < 4.78 is 10.9. The van der Waals surface area contributed by atoms with E-state index in [2.05, 4.69) is 5.32 Å². The highest BCUT2D eigenvalue weighted by Crippen LogP contribution is 2.00. The van der Waals surface area contributed by atoms with E-state index >= 15 is 0 Å². The fraction of sp³-hybridized carbons (Fsp3) is 0.800. The Morgan fingerprint density at radius 3 is 2.80 bits per heavy atom. The van der Waals surface area contributed by atoms with Gasteiger partial charge in [-0.3, -0.25) is 9.00 Å². The van der Waals surface area contributed by atoms with E-state index in [1.807, 2.05) is 0 Å². The summed E-state index contributed by atoms with van der Waals surface area (Å²) in [4.78, 5) is 10.3. The normalized spacial score (nSPS) is 33.6. The SMILES string of the molecule is O=C(O)C1CNCCS1=O. The maximum absolute atomic E-state index is 10.9. The van der Waals surface area contributed by atoms with Crippen molar-refractivity contribution in [2.24, 2.45) is 0 Å². The fourth-order valence-electron chi connectivity index (χ4n) is 0.841. The molecule has 0 aromatic rings. The summed E-state index contributed by atoms with van der Waals surface area (Å²) in [5, 5.41) is 10.6. The second kappa shape index (κ2) is 3.12. The van der Waals surface area contributed by atoms with Crippen molar-refractivity contribution in [3.8, 4) is 0 Å². The van der Waals surface area contributed by atoms with Crippen LogP contribution in [0.1, 0.15) is 0 Å². The molecule has 1 fully saturated rings. The predicted molar refractivity (Wildman–Crippen MR) is 37.3 cm³/mol. The van der Waals surface area contributed by atoms with Crippen LogP contribution in [0.2, 0.25) is 0 Å². The Morgan fingerprint density at radius 2 is 2.40 bits per heavy atom. The summed E-state index contributed by atoms with van der Waals surface area (Å²) in [5.74, 6) is -0.512. The summed E-state index contributed by atoms with van der Waals surface area (Å²) >= 11 is 0. The average Bonchev–Trinajstić information content (AvgIpc) is 1.88. The monoisotopic (exact) mass is 163 g/mol. The Morgan fingerprint density at radius 1 is 1.70 bits per heavy atom. The zero-order valence-electron chi connectivity index (χ0n) is 5.37. The lowest BCUT2D eigenvalue weighted by Gasteiger charge is -2.17. The smallest absolute Gasteiger partial charge is 0.320 e. The number of nitrogens with one attached hydrogen (secondary N) is 1. The molecule has 0 amide bonds. The van der Waals surface area contributed by atoms with Crippen LogP contribution >= 0.6 is 0 Å². The van der Waals surface area contributed by atoms with Crippen LogP contribution < -0.4 is 5.32 Å². The number of carboxylic acid groups (broad SMARTS) is 1. The molecule has 0 aliphatic carbocycles. The summed E-state index contributed by atoms with van der Waals surface area (Å²) in [7, 11) is -1.17. The third-order valence-electron chi connectivity index (χ3n) is 1.40. The van der Waals surface area contributed by atoms with Gasteiger partial charge in [-0.05, 0) is 0 Å². The molecule has 1 rings (SSSR count). The van der Waals surface area contributed by atoms with Gasteiger partial charge in [0.1, 0.15) is 5.25 Å². The molecule has 5 heteroatoms. The molecule has 0 spiro atoms. The zero-order chi connectivity index (χ0) is 7.56. The first-order valence-electron chi connectivity index (χ1n) is 3.02. The second-order valence-electron chi connectivity index (χ2n) is 2.12. The number of aliphatic carboxylic acids is 1. The Labute approximate surface area is 61.1 Å². The van der Waals surface area contributed by atoms with Crippen molar-refractivity contribution >= 4 is 16.8 Å². The van der Waals surface area contributed by atoms with Crippen LogP contribution in [0.15, 0.2) is 0 Å². The highest BCUT2D eigenvalue weighted by Gasteiger charge is 2.26. The van der Waals surface area contributed by atoms with Gasteiger partial charge in [-0.15, -0.1) is 0 Å². The minimum absolute atomic E-state index is 0.335. The summed E-state index contributed by atoms with van der Waals surface area (Å²) in [6.07, 6.45) is 0. The van der Waals surface area contributed by atoms with E-state index in [9.17, 15) is 9.00 Å². The van der Waals surface area contributed by atoms with Crippen molar-refractivity contribution < 1.29 is 14.1 Å². The van der Waals surface area contributed by atoms with E-state index in [0.717, 1.165) is 0 Å². The van der Waals surface area contributed by atoms with Crippen molar-refractivity contribution in [1.29, 1.82) is 0 Å². The quantitative estimate of drug-likeness (QED) is 0.509. The van der Waals surface area contributed by atoms with E-state index in [0.29, 0.717) is 18.8 Å². The molecule has 2 unspecified atom stereocenters. The minimum Gasteiger partial charge on any atom is -0.480 e. The standard InChI is InChI=1S/C5H9NO3S/c7-5(8)4-3-6-1-2-10(4)9/h4,6H,1-3H2,(H,7,8). The lowest BCUT2D eigenvalue weighted by atomic mass is 10.4. The van der Waals surface area contributed by atoms with Crippen LogP contribution in [0.25, 0.3) is 0 Å². The van der Waals surface area contributed by atoms with Crippen molar-refractivity contribution in [3.63, 3.8) is 0 Å². The Bertz CT molecular complexity index is 170. The molecule has 2 atom stereocenters. The predicted octanol–water partition coefficient (Wildman–Crippen LogP) is -1.21. The maximum atomic E-state index is 10.9.